The third kappa shape index (κ3) is 10.9. The molecule has 0 aliphatic heterocycles. The molecule has 0 aliphatic carbocycles. The van der Waals surface area contributed by atoms with Crippen molar-refractivity contribution in [2.75, 3.05) is 19.8 Å². The molecule has 0 amide bonds. The topological polar surface area (TPSA) is 36.9 Å². The zero-order valence-electron chi connectivity index (χ0n) is 7.53. The maximum absolute atomic E-state index is 4.74. The van der Waals surface area contributed by atoms with E-state index in [0.717, 1.165) is 0 Å². The van der Waals surface area contributed by atoms with E-state index in [-0.39, 0.29) is 0 Å². The summed E-state index contributed by atoms with van der Waals surface area (Å²) in [6, 6.07) is 0. The molecule has 0 bridgehead atoms. The Bertz CT molecular complexity index is 161. The highest BCUT2D eigenvalue weighted by molar-refractivity contribution is 4.62. The molecule has 13 heavy (non-hydrogen) atoms. The minimum absolute atomic E-state index is 0.385. The minimum Gasteiger partial charge on any atom is -0.337 e. The molecule has 4 heteroatoms. The molecule has 0 saturated carbocycles. The lowest BCUT2D eigenvalue weighted by atomic mass is 10.5. The third-order valence-corrected chi connectivity index (χ3v) is 0.924. The molecule has 0 spiro atoms. The molecule has 0 unspecified atom stereocenters. The highest BCUT2D eigenvalue weighted by atomic mass is 17.2. The first kappa shape index (κ1) is 11.9. The maximum Gasteiger partial charge on any atom is 0.171 e. The van der Waals surface area contributed by atoms with Crippen LogP contribution in [0.4, 0.5) is 0 Å². The Morgan fingerprint density at radius 2 is 1.92 bits per heavy atom. The summed E-state index contributed by atoms with van der Waals surface area (Å²) >= 11 is 0. The van der Waals surface area contributed by atoms with E-state index in [0.29, 0.717) is 26.2 Å². The molecular weight excluding hydrogens is 172 g/mol. The van der Waals surface area contributed by atoms with E-state index in [1.165, 1.54) is 6.26 Å². The fraction of sp³-hybridized carbons (Fsp3) is 0.444. The van der Waals surface area contributed by atoms with Crippen molar-refractivity contribution in [2.24, 2.45) is 0 Å². The summed E-state index contributed by atoms with van der Waals surface area (Å²) in [5, 5.41) is 0. The van der Waals surface area contributed by atoms with E-state index in [1.54, 1.807) is 6.08 Å². The highest BCUT2D eigenvalue weighted by Gasteiger charge is 1.89. The van der Waals surface area contributed by atoms with E-state index in [9.17, 15) is 0 Å². The second-order valence-electron chi connectivity index (χ2n) is 1.99. The molecule has 0 saturated heterocycles. The Kier molecular flexibility index (Phi) is 10.0. The van der Waals surface area contributed by atoms with Crippen molar-refractivity contribution in [3.8, 4) is 0 Å². The van der Waals surface area contributed by atoms with Crippen LogP contribution in [0.25, 0.3) is 0 Å². The van der Waals surface area contributed by atoms with Crippen LogP contribution in [0.2, 0.25) is 0 Å². The van der Waals surface area contributed by atoms with Gasteiger partial charge in [0.2, 0.25) is 0 Å². The van der Waals surface area contributed by atoms with E-state index in [4.69, 9.17) is 4.89 Å². The molecule has 0 radical (unpaired) electrons. The first-order valence-electron chi connectivity index (χ1n) is 3.89. The van der Waals surface area contributed by atoms with Crippen LogP contribution in [0, 0.1) is 0 Å². The highest BCUT2D eigenvalue weighted by Crippen LogP contribution is 1.87. The fourth-order valence-corrected chi connectivity index (χ4v) is 0.448. The van der Waals surface area contributed by atoms with Crippen LogP contribution >= 0.6 is 0 Å². The monoisotopic (exact) mass is 186 g/mol. The smallest absolute Gasteiger partial charge is 0.171 e. The van der Waals surface area contributed by atoms with Crippen molar-refractivity contribution in [1.82, 2.24) is 0 Å². The number of hydrogen-bond donors (Lipinski definition) is 0. The third-order valence-electron chi connectivity index (χ3n) is 0.924. The molecule has 0 N–H and O–H groups in total. The van der Waals surface area contributed by atoms with Crippen LogP contribution < -0.4 is 0 Å². The van der Waals surface area contributed by atoms with Crippen molar-refractivity contribution in [3.05, 3.63) is 31.2 Å². The van der Waals surface area contributed by atoms with Crippen molar-refractivity contribution in [2.45, 2.75) is 6.42 Å². The van der Waals surface area contributed by atoms with Crippen molar-refractivity contribution in [1.29, 1.82) is 0 Å². The molecule has 0 fully saturated rings. The average molecular weight is 186 g/mol. The predicted molar refractivity (Wildman–Crippen MR) is 47.5 cm³/mol. The molecule has 0 aromatic rings. The first-order chi connectivity index (χ1) is 6.41. The van der Waals surface area contributed by atoms with Gasteiger partial charge in [0.1, 0.15) is 6.61 Å². The van der Waals surface area contributed by atoms with E-state index in [1.807, 2.05) is 0 Å². The summed E-state index contributed by atoms with van der Waals surface area (Å²) < 4.78 is 0. The summed E-state index contributed by atoms with van der Waals surface area (Å²) in [5.74, 6) is 0. The Morgan fingerprint density at radius 1 is 1.15 bits per heavy atom. The second-order valence-corrected chi connectivity index (χ2v) is 1.99. The summed E-state index contributed by atoms with van der Waals surface area (Å²) in [7, 11) is 0. The van der Waals surface area contributed by atoms with Gasteiger partial charge in [-0.2, -0.15) is 4.89 Å². The van der Waals surface area contributed by atoms with Crippen LogP contribution in [0.3, 0.4) is 0 Å². The SMILES string of the molecule is C=C=COOCCCOOCC=C. The van der Waals surface area contributed by atoms with Gasteiger partial charge in [-0.3, -0.25) is 0 Å². The second kappa shape index (κ2) is 10.9. The predicted octanol–water partition coefficient (Wildman–Crippen LogP) is 1.76. The van der Waals surface area contributed by atoms with Gasteiger partial charge in [0.25, 0.3) is 0 Å². The molecular formula is C9H14O4. The van der Waals surface area contributed by atoms with Crippen molar-refractivity contribution < 1.29 is 19.6 Å². The Labute approximate surface area is 77.9 Å². The molecule has 0 heterocycles. The van der Waals surface area contributed by atoms with Gasteiger partial charge in [-0.1, -0.05) is 18.4 Å². The van der Waals surface area contributed by atoms with Crippen molar-refractivity contribution >= 4 is 0 Å². The molecule has 0 atom stereocenters. The summed E-state index contributed by atoms with van der Waals surface area (Å²) in [6.07, 6.45) is 3.52. The van der Waals surface area contributed by atoms with E-state index < -0.39 is 0 Å². The lowest BCUT2D eigenvalue weighted by molar-refractivity contribution is -0.296. The Morgan fingerprint density at radius 3 is 2.62 bits per heavy atom. The lowest BCUT2D eigenvalue weighted by Crippen LogP contribution is -2.01. The van der Waals surface area contributed by atoms with E-state index >= 15 is 0 Å². The van der Waals surface area contributed by atoms with Gasteiger partial charge in [0.15, 0.2) is 6.26 Å². The van der Waals surface area contributed by atoms with Gasteiger partial charge >= 0.3 is 0 Å². The van der Waals surface area contributed by atoms with Gasteiger partial charge in [0, 0.05) is 6.42 Å². The lowest BCUT2D eigenvalue weighted by Gasteiger charge is -2.01. The number of rotatable bonds is 9. The molecule has 0 rings (SSSR count). The molecule has 74 valence electrons. The minimum atomic E-state index is 0.385. The van der Waals surface area contributed by atoms with Gasteiger partial charge in [-0.15, -0.1) is 6.58 Å². The molecule has 0 aromatic heterocycles. The van der Waals surface area contributed by atoms with Crippen LogP contribution in [0.5, 0.6) is 0 Å². The molecule has 0 aromatic carbocycles. The normalized spacial score (nSPS) is 8.92. The van der Waals surface area contributed by atoms with E-state index in [2.05, 4.69) is 33.6 Å². The number of hydrogen-bond acceptors (Lipinski definition) is 4. The van der Waals surface area contributed by atoms with Crippen molar-refractivity contribution in [3.63, 3.8) is 0 Å². The molecule has 4 nitrogen and oxygen atoms in total. The van der Waals surface area contributed by atoms with Gasteiger partial charge in [-0.05, 0) is 0 Å². The van der Waals surface area contributed by atoms with Crippen LogP contribution in [0.1, 0.15) is 6.42 Å². The van der Waals surface area contributed by atoms with Gasteiger partial charge < -0.3 is 4.89 Å². The summed E-state index contributed by atoms with van der Waals surface area (Å²) in [4.78, 5) is 18.6. The largest absolute Gasteiger partial charge is 0.337 e. The zero-order valence-corrected chi connectivity index (χ0v) is 7.53. The molecule has 0 aliphatic rings. The first-order valence-corrected chi connectivity index (χ1v) is 3.89. The summed E-state index contributed by atoms with van der Waals surface area (Å²) in [6.45, 7) is 8.02. The van der Waals surface area contributed by atoms with Crippen LogP contribution in [-0.4, -0.2) is 19.8 Å². The van der Waals surface area contributed by atoms with Gasteiger partial charge in [0.05, 0.1) is 13.2 Å². The Hall–Kier alpha value is -1.06. The zero-order chi connectivity index (χ0) is 9.78. The Balaban J connectivity index is 2.90. The fourth-order valence-electron chi connectivity index (χ4n) is 0.448. The quantitative estimate of drug-likeness (QED) is 0.137. The average Bonchev–Trinajstić information content (AvgIpc) is 2.16. The van der Waals surface area contributed by atoms with Gasteiger partial charge in [-0.25, -0.2) is 9.78 Å². The van der Waals surface area contributed by atoms with Crippen LogP contribution in [0.15, 0.2) is 31.2 Å². The summed E-state index contributed by atoms with van der Waals surface area (Å²) in [5.41, 5.74) is 2.40. The standard InChI is InChI=1S/C9H14O4/c1-3-6-10-12-8-5-9-13-11-7-4-2/h3,7H,1-2,5-6,8-9H2. The maximum atomic E-state index is 4.74. The van der Waals surface area contributed by atoms with Crippen LogP contribution in [-0.2, 0) is 19.6 Å².